The Labute approximate surface area is 151 Å². The minimum absolute atomic E-state index is 0. The Balaban J connectivity index is 0.00000264. The SMILES string of the molecule is C=CCNCc1cc(Br)c(OCc2cccnc2)c(OC)c1.Cl. The topological polar surface area (TPSA) is 43.4 Å². The van der Waals surface area contributed by atoms with E-state index < -0.39 is 0 Å². The van der Waals surface area contributed by atoms with Gasteiger partial charge in [-0.05, 0) is 39.7 Å². The summed E-state index contributed by atoms with van der Waals surface area (Å²) in [7, 11) is 1.64. The molecule has 0 aliphatic heterocycles. The van der Waals surface area contributed by atoms with Gasteiger partial charge in [0.25, 0.3) is 0 Å². The minimum Gasteiger partial charge on any atom is -0.493 e. The minimum atomic E-state index is 0. The molecule has 4 nitrogen and oxygen atoms in total. The zero-order valence-electron chi connectivity index (χ0n) is 12.9. The second kappa shape index (κ2) is 10.3. The Hall–Kier alpha value is -1.56. The summed E-state index contributed by atoms with van der Waals surface area (Å²) in [4.78, 5) is 4.08. The average Bonchev–Trinajstić information content (AvgIpc) is 2.54. The van der Waals surface area contributed by atoms with Gasteiger partial charge in [0.05, 0.1) is 11.6 Å². The van der Waals surface area contributed by atoms with Crippen LogP contribution < -0.4 is 14.8 Å². The molecule has 1 aromatic heterocycles. The van der Waals surface area contributed by atoms with E-state index in [1.807, 2.05) is 30.3 Å². The number of aromatic nitrogens is 1. The molecule has 0 saturated carbocycles. The average molecular weight is 400 g/mol. The Morgan fingerprint density at radius 2 is 2.17 bits per heavy atom. The fraction of sp³-hybridized carbons (Fsp3) is 0.235. The second-order valence-corrected chi connectivity index (χ2v) is 5.53. The van der Waals surface area contributed by atoms with Crippen LogP contribution in [0, 0.1) is 0 Å². The number of benzene rings is 1. The molecular weight excluding hydrogens is 380 g/mol. The van der Waals surface area contributed by atoms with Crippen molar-refractivity contribution < 1.29 is 9.47 Å². The molecule has 0 radical (unpaired) electrons. The van der Waals surface area contributed by atoms with Crippen molar-refractivity contribution in [3.8, 4) is 11.5 Å². The van der Waals surface area contributed by atoms with Gasteiger partial charge in [0, 0.05) is 31.0 Å². The number of ether oxygens (including phenoxy) is 2. The highest BCUT2D eigenvalue weighted by Gasteiger charge is 2.12. The van der Waals surface area contributed by atoms with Crippen molar-refractivity contribution >= 4 is 28.3 Å². The number of methoxy groups -OCH3 is 1. The predicted octanol–water partition coefficient (Wildman–Crippen LogP) is 4.13. The lowest BCUT2D eigenvalue weighted by Crippen LogP contribution is -2.12. The van der Waals surface area contributed by atoms with Crippen LogP contribution in [-0.4, -0.2) is 18.6 Å². The van der Waals surface area contributed by atoms with Crippen molar-refractivity contribution in [3.05, 3.63) is 64.9 Å². The van der Waals surface area contributed by atoms with Crippen LogP contribution in [0.5, 0.6) is 11.5 Å². The van der Waals surface area contributed by atoms with E-state index in [0.29, 0.717) is 18.1 Å². The first-order valence-corrected chi connectivity index (χ1v) is 7.73. The van der Waals surface area contributed by atoms with Crippen LogP contribution in [0.25, 0.3) is 0 Å². The van der Waals surface area contributed by atoms with E-state index in [1.54, 1.807) is 19.5 Å². The number of rotatable bonds is 8. The van der Waals surface area contributed by atoms with Crippen molar-refractivity contribution in [2.75, 3.05) is 13.7 Å². The summed E-state index contributed by atoms with van der Waals surface area (Å²) >= 11 is 3.55. The Morgan fingerprint density at radius 3 is 2.83 bits per heavy atom. The lowest BCUT2D eigenvalue weighted by Gasteiger charge is -2.14. The maximum absolute atomic E-state index is 5.88. The summed E-state index contributed by atoms with van der Waals surface area (Å²) in [6, 6.07) is 7.86. The molecule has 2 aromatic rings. The number of hydrogen-bond donors (Lipinski definition) is 1. The maximum Gasteiger partial charge on any atom is 0.175 e. The van der Waals surface area contributed by atoms with Crippen molar-refractivity contribution in [1.29, 1.82) is 0 Å². The molecule has 2 rings (SSSR count). The lowest BCUT2D eigenvalue weighted by molar-refractivity contribution is 0.282. The standard InChI is InChI=1S/C17H19BrN2O2.ClH/c1-3-6-19-11-14-8-15(18)17(16(9-14)21-2)22-12-13-5-4-7-20-10-13;/h3-5,7-10,19H,1,6,11-12H2,2H3;1H. The molecule has 0 saturated heterocycles. The largest absolute Gasteiger partial charge is 0.493 e. The maximum atomic E-state index is 5.88. The van der Waals surface area contributed by atoms with Crippen molar-refractivity contribution in [3.63, 3.8) is 0 Å². The van der Waals surface area contributed by atoms with E-state index >= 15 is 0 Å². The molecular formula is C17H20BrClN2O2. The van der Waals surface area contributed by atoms with Gasteiger partial charge in [-0.1, -0.05) is 12.1 Å². The van der Waals surface area contributed by atoms with Crippen LogP contribution in [0.3, 0.4) is 0 Å². The quantitative estimate of drug-likeness (QED) is 0.535. The highest BCUT2D eigenvalue weighted by atomic mass is 79.9. The number of nitrogens with zero attached hydrogens (tertiary/aromatic N) is 1. The van der Waals surface area contributed by atoms with E-state index in [0.717, 1.165) is 28.7 Å². The van der Waals surface area contributed by atoms with Gasteiger partial charge in [-0.15, -0.1) is 19.0 Å². The van der Waals surface area contributed by atoms with Gasteiger partial charge >= 0.3 is 0 Å². The van der Waals surface area contributed by atoms with Crippen molar-refractivity contribution in [2.45, 2.75) is 13.2 Å². The van der Waals surface area contributed by atoms with Crippen LogP contribution >= 0.6 is 28.3 Å². The second-order valence-electron chi connectivity index (χ2n) is 4.68. The summed E-state index contributed by atoms with van der Waals surface area (Å²) < 4.78 is 12.2. The molecule has 124 valence electrons. The van der Waals surface area contributed by atoms with Crippen molar-refractivity contribution in [1.82, 2.24) is 10.3 Å². The molecule has 0 unspecified atom stereocenters. The van der Waals surface area contributed by atoms with Gasteiger partial charge in [-0.3, -0.25) is 4.98 Å². The molecule has 0 aliphatic carbocycles. The molecule has 6 heteroatoms. The predicted molar refractivity (Wildman–Crippen MR) is 98.4 cm³/mol. The van der Waals surface area contributed by atoms with Gasteiger partial charge < -0.3 is 14.8 Å². The first kappa shape index (κ1) is 19.5. The summed E-state index contributed by atoms with van der Waals surface area (Å²) in [5.41, 5.74) is 2.12. The number of hydrogen-bond acceptors (Lipinski definition) is 4. The Kier molecular flexibility index (Phi) is 8.69. The normalized spacial score (nSPS) is 9.83. The highest BCUT2D eigenvalue weighted by molar-refractivity contribution is 9.10. The molecule has 1 aromatic carbocycles. The van der Waals surface area contributed by atoms with Gasteiger partial charge in [0.1, 0.15) is 6.61 Å². The third-order valence-electron chi connectivity index (χ3n) is 3.01. The molecule has 23 heavy (non-hydrogen) atoms. The highest BCUT2D eigenvalue weighted by Crippen LogP contribution is 2.37. The molecule has 0 aliphatic rings. The number of pyridine rings is 1. The molecule has 0 fully saturated rings. The third kappa shape index (κ3) is 5.86. The van der Waals surface area contributed by atoms with E-state index in [-0.39, 0.29) is 12.4 Å². The van der Waals surface area contributed by atoms with Gasteiger partial charge in [-0.25, -0.2) is 0 Å². The lowest BCUT2D eigenvalue weighted by atomic mass is 10.2. The van der Waals surface area contributed by atoms with Crippen LogP contribution in [0.2, 0.25) is 0 Å². The fourth-order valence-electron chi connectivity index (χ4n) is 1.97. The van der Waals surface area contributed by atoms with Crippen LogP contribution in [0.1, 0.15) is 11.1 Å². The van der Waals surface area contributed by atoms with Gasteiger partial charge in [0.15, 0.2) is 11.5 Å². The third-order valence-corrected chi connectivity index (χ3v) is 3.60. The van der Waals surface area contributed by atoms with E-state index in [9.17, 15) is 0 Å². The first-order chi connectivity index (χ1) is 10.7. The monoisotopic (exact) mass is 398 g/mol. The Bertz CT molecular complexity index is 623. The van der Waals surface area contributed by atoms with E-state index in [2.05, 4.69) is 32.8 Å². The zero-order chi connectivity index (χ0) is 15.8. The molecule has 0 spiro atoms. The summed E-state index contributed by atoms with van der Waals surface area (Å²) in [6.45, 7) is 5.63. The van der Waals surface area contributed by atoms with Gasteiger partial charge in [0.2, 0.25) is 0 Å². The zero-order valence-corrected chi connectivity index (χ0v) is 15.3. The summed E-state index contributed by atoms with van der Waals surface area (Å²) in [5, 5.41) is 3.26. The molecule has 0 atom stereocenters. The summed E-state index contributed by atoms with van der Waals surface area (Å²) in [6.07, 6.45) is 5.36. The molecule has 0 amide bonds. The fourth-order valence-corrected chi connectivity index (χ4v) is 2.58. The van der Waals surface area contributed by atoms with Crippen LogP contribution in [0.15, 0.2) is 53.8 Å². The van der Waals surface area contributed by atoms with Crippen LogP contribution in [0.4, 0.5) is 0 Å². The van der Waals surface area contributed by atoms with E-state index in [1.165, 1.54) is 0 Å². The smallest absolute Gasteiger partial charge is 0.175 e. The summed E-state index contributed by atoms with van der Waals surface area (Å²) in [5.74, 6) is 1.40. The molecule has 1 N–H and O–H groups in total. The van der Waals surface area contributed by atoms with E-state index in [4.69, 9.17) is 9.47 Å². The molecule has 0 bridgehead atoms. The number of nitrogens with one attached hydrogen (secondary N) is 1. The Morgan fingerprint density at radius 1 is 1.35 bits per heavy atom. The van der Waals surface area contributed by atoms with Crippen molar-refractivity contribution in [2.24, 2.45) is 0 Å². The number of halogens is 2. The molecule has 1 heterocycles. The van der Waals surface area contributed by atoms with Gasteiger partial charge in [-0.2, -0.15) is 0 Å². The van der Waals surface area contributed by atoms with Crippen LogP contribution in [-0.2, 0) is 13.2 Å². The first-order valence-electron chi connectivity index (χ1n) is 6.94.